The van der Waals surface area contributed by atoms with Crippen molar-refractivity contribution >= 4 is 27.8 Å². The third kappa shape index (κ3) is 11.9. The molecule has 234 valence electrons. The minimum atomic E-state index is -3.67. The fourth-order valence-electron chi connectivity index (χ4n) is 3.87. The Kier molecular flexibility index (Phi) is 11.1. The van der Waals surface area contributed by atoms with Crippen LogP contribution in [0.2, 0.25) is 0 Å². The van der Waals surface area contributed by atoms with Gasteiger partial charge in [0.2, 0.25) is 5.91 Å². The van der Waals surface area contributed by atoms with Gasteiger partial charge in [-0.2, -0.15) is 13.5 Å². The van der Waals surface area contributed by atoms with Crippen molar-refractivity contribution in [3.63, 3.8) is 0 Å². The second kappa shape index (κ2) is 14.3. The summed E-state index contributed by atoms with van der Waals surface area (Å²) in [5.74, 6) is -2.86. The van der Waals surface area contributed by atoms with Crippen LogP contribution < -0.4 is 15.4 Å². The maximum Gasteiger partial charge on any atom is 0.273 e. The number of anilines is 1. The van der Waals surface area contributed by atoms with Gasteiger partial charge in [0.15, 0.2) is 11.5 Å². The molecule has 3 N–H and O–H groups in total. The Hall–Kier alpha value is -4.19. The molecule has 0 aromatic carbocycles. The molecule has 3 aromatic rings. The van der Waals surface area contributed by atoms with Crippen LogP contribution in [0.1, 0.15) is 46.8 Å². The summed E-state index contributed by atoms with van der Waals surface area (Å²) in [5.41, 5.74) is 1.68. The number of hydrogen-bond acceptors (Lipinski definition) is 10. The van der Waals surface area contributed by atoms with E-state index in [1.807, 2.05) is 0 Å². The van der Waals surface area contributed by atoms with Gasteiger partial charge in [0, 0.05) is 37.7 Å². The molecule has 1 fully saturated rings. The molecular formula is C25H31F3N8O6S. The van der Waals surface area contributed by atoms with Gasteiger partial charge in [-0.1, -0.05) is 5.21 Å². The molecule has 0 bridgehead atoms. The topological polar surface area (TPSA) is 191 Å². The van der Waals surface area contributed by atoms with E-state index in [0.29, 0.717) is 35.5 Å². The Balaban J connectivity index is 0.000000934. The molecule has 0 radical (unpaired) electrons. The average Bonchev–Trinajstić information content (AvgIpc) is 3.33. The fraction of sp³-hybridized carbons (Fsp3) is 0.480. The first-order chi connectivity index (χ1) is 20.1. The first-order valence-electron chi connectivity index (χ1n) is 12.9. The van der Waals surface area contributed by atoms with Crippen LogP contribution in [0, 0.1) is 6.92 Å². The Morgan fingerprint density at radius 2 is 1.88 bits per heavy atom. The fourth-order valence-corrected chi connectivity index (χ4v) is 3.87. The first-order valence-corrected chi connectivity index (χ1v) is 14.8. The largest absolute Gasteiger partial charge is 0.490 e. The van der Waals surface area contributed by atoms with E-state index in [1.165, 1.54) is 17.9 Å². The minimum absolute atomic E-state index is 0.0571. The van der Waals surface area contributed by atoms with Crippen molar-refractivity contribution in [2.24, 2.45) is 0 Å². The third-order valence-electron chi connectivity index (χ3n) is 5.76. The maximum atomic E-state index is 14.4. The summed E-state index contributed by atoms with van der Waals surface area (Å²) in [6, 6.07) is 6.40. The van der Waals surface area contributed by atoms with E-state index in [9.17, 15) is 31.2 Å². The highest BCUT2D eigenvalue weighted by Gasteiger charge is 2.47. The van der Waals surface area contributed by atoms with Gasteiger partial charge in [-0.15, -0.1) is 10.2 Å². The van der Waals surface area contributed by atoms with Crippen LogP contribution in [0.3, 0.4) is 0 Å². The number of carbonyl (C=O) groups excluding carboxylic acids is 2. The van der Waals surface area contributed by atoms with E-state index in [4.69, 9.17) is 9.29 Å². The van der Waals surface area contributed by atoms with Crippen LogP contribution in [-0.4, -0.2) is 86.5 Å². The molecule has 0 spiro atoms. The summed E-state index contributed by atoms with van der Waals surface area (Å²) in [5, 5.41) is 20.5. The number of nitrogens with one attached hydrogen (secondary N) is 2. The summed E-state index contributed by atoms with van der Waals surface area (Å²) in [4.78, 5) is 28.3. The van der Waals surface area contributed by atoms with Crippen molar-refractivity contribution in [3.8, 4) is 5.75 Å². The molecule has 0 saturated heterocycles. The van der Waals surface area contributed by atoms with E-state index in [2.05, 4.69) is 36.1 Å². The van der Waals surface area contributed by atoms with Gasteiger partial charge in [-0.05, 0) is 31.9 Å². The van der Waals surface area contributed by atoms with E-state index in [1.54, 1.807) is 31.2 Å². The van der Waals surface area contributed by atoms with Crippen LogP contribution in [0.25, 0.3) is 0 Å². The molecule has 2 amide bonds. The molecule has 1 unspecified atom stereocenters. The molecule has 4 rings (SSSR count). The Morgan fingerprint density at radius 1 is 1.19 bits per heavy atom. The summed E-state index contributed by atoms with van der Waals surface area (Å²) in [6.45, 7) is 1.67. The highest BCUT2D eigenvalue weighted by Crippen LogP contribution is 2.39. The van der Waals surface area contributed by atoms with Crippen molar-refractivity contribution in [1.29, 1.82) is 0 Å². The number of nitrogens with zero attached hydrogens (tertiary/aromatic N) is 6. The van der Waals surface area contributed by atoms with Crippen LogP contribution in [0.4, 0.5) is 19.0 Å². The summed E-state index contributed by atoms with van der Waals surface area (Å²) >= 11 is 0. The molecule has 1 atom stereocenters. The van der Waals surface area contributed by atoms with Gasteiger partial charge in [0.1, 0.15) is 18.0 Å². The zero-order valence-electron chi connectivity index (χ0n) is 23.5. The van der Waals surface area contributed by atoms with Gasteiger partial charge < -0.3 is 15.4 Å². The van der Waals surface area contributed by atoms with Crippen LogP contribution in [0.15, 0.2) is 30.5 Å². The number of carbonyl (C=O) groups is 2. The second-order valence-electron chi connectivity index (χ2n) is 9.85. The van der Waals surface area contributed by atoms with Crippen LogP contribution in [-0.2, 0) is 34.3 Å². The molecular weight excluding hydrogens is 597 g/mol. The second-order valence-corrected chi connectivity index (χ2v) is 11.3. The summed E-state index contributed by atoms with van der Waals surface area (Å²) in [7, 11) is -2.20. The van der Waals surface area contributed by atoms with Gasteiger partial charge in [-0.3, -0.25) is 19.1 Å². The number of pyridine rings is 1. The number of aryl methyl sites for hydroxylation is 2. The van der Waals surface area contributed by atoms with Crippen LogP contribution >= 0.6 is 0 Å². The Bertz CT molecular complexity index is 1510. The standard InChI is InChI=1S/C24H27F3N8O3.CH4O3S/c1-14-7-18(38-19-10-24(26,27)11-19)8-17(29-14)9-22(36)30-21-6-5-16(31-33-21)4-3-15(25)12-35-13-20(32-34-35)23(37)28-2;1-5(2,3)4/h5-8,13,15,19H,3-4,9-12H2,1-2H3,(H,28,37)(H,30,33,36);1H3,(H,2,3,4). The minimum Gasteiger partial charge on any atom is -0.490 e. The number of amides is 2. The molecule has 18 heteroatoms. The lowest BCUT2D eigenvalue weighted by Crippen LogP contribution is -2.43. The molecule has 3 aromatic heterocycles. The smallest absolute Gasteiger partial charge is 0.273 e. The van der Waals surface area contributed by atoms with Crippen molar-refractivity contribution < 1.29 is 40.5 Å². The molecule has 1 aliphatic carbocycles. The predicted octanol–water partition coefficient (Wildman–Crippen LogP) is 1.96. The molecule has 14 nitrogen and oxygen atoms in total. The van der Waals surface area contributed by atoms with E-state index >= 15 is 0 Å². The summed E-state index contributed by atoms with van der Waals surface area (Å²) in [6.07, 6.45) is 0.0199. The predicted molar refractivity (Wildman–Crippen MR) is 146 cm³/mol. The lowest BCUT2D eigenvalue weighted by molar-refractivity contribution is -0.134. The molecule has 43 heavy (non-hydrogen) atoms. The van der Waals surface area contributed by atoms with Crippen LogP contribution in [0.5, 0.6) is 5.75 Å². The molecule has 0 aliphatic heterocycles. The van der Waals surface area contributed by atoms with Gasteiger partial charge >= 0.3 is 0 Å². The quantitative estimate of drug-likeness (QED) is 0.263. The lowest BCUT2D eigenvalue weighted by atomic mass is 9.91. The van der Waals surface area contributed by atoms with Gasteiger partial charge in [0.25, 0.3) is 21.9 Å². The molecule has 3 heterocycles. The monoisotopic (exact) mass is 628 g/mol. The average molecular weight is 629 g/mol. The zero-order valence-corrected chi connectivity index (χ0v) is 24.3. The number of halogens is 3. The highest BCUT2D eigenvalue weighted by molar-refractivity contribution is 7.85. The number of alkyl halides is 3. The lowest BCUT2D eigenvalue weighted by Gasteiger charge is -2.34. The van der Waals surface area contributed by atoms with Crippen molar-refractivity contribution in [3.05, 3.63) is 53.2 Å². The third-order valence-corrected chi connectivity index (χ3v) is 5.76. The number of hydrogen-bond donors (Lipinski definition) is 3. The number of ether oxygens (including phenoxy) is 1. The van der Waals surface area contributed by atoms with Crippen molar-refractivity contribution in [2.45, 2.75) is 63.8 Å². The highest BCUT2D eigenvalue weighted by atomic mass is 32.2. The maximum absolute atomic E-state index is 14.4. The first kappa shape index (κ1) is 33.3. The van der Waals surface area contributed by atoms with E-state index < -0.39 is 34.2 Å². The number of aromatic nitrogens is 6. The van der Waals surface area contributed by atoms with Gasteiger partial charge in [-0.25, -0.2) is 17.9 Å². The SMILES string of the molecule is CNC(=O)c1cn(CC(F)CCc2ccc(NC(=O)Cc3cc(OC4CC(F)(F)C4)cc(C)n3)nn2)nn1.CS(=O)(=O)O. The number of rotatable bonds is 11. The van der Waals surface area contributed by atoms with Gasteiger partial charge in [0.05, 0.1) is 36.8 Å². The summed E-state index contributed by atoms with van der Waals surface area (Å²) < 4.78 is 73.2. The van der Waals surface area contributed by atoms with E-state index in [-0.39, 0.29) is 49.6 Å². The molecule has 1 aliphatic rings. The normalized spacial score (nSPS) is 15.0. The molecule has 1 saturated carbocycles. The van der Waals surface area contributed by atoms with E-state index in [0.717, 1.165) is 0 Å². The van der Waals surface area contributed by atoms with Crippen molar-refractivity contribution in [1.82, 2.24) is 35.5 Å². The Morgan fingerprint density at radius 3 is 2.49 bits per heavy atom. The Labute approximate surface area is 245 Å². The zero-order chi connectivity index (χ0) is 31.8. The van der Waals surface area contributed by atoms with Crippen molar-refractivity contribution in [2.75, 3.05) is 18.6 Å².